The molecule has 88 valence electrons. The maximum absolute atomic E-state index is 5.73. The third kappa shape index (κ3) is 2.48. The van der Waals surface area contributed by atoms with Crippen LogP contribution in [0.5, 0.6) is 11.5 Å². The van der Waals surface area contributed by atoms with Crippen LogP contribution in [-0.2, 0) is 4.43 Å². The molecule has 0 bridgehead atoms. The Kier molecular flexibility index (Phi) is 4.41. The monoisotopic (exact) mass is 286 g/mol. The first-order chi connectivity index (χ1) is 7.86. The fourth-order valence-electron chi connectivity index (χ4n) is 2.22. The lowest BCUT2D eigenvalue weighted by Crippen LogP contribution is -2.42. The molecule has 0 N–H and O–H groups in total. The molecule has 1 unspecified atom stereocenters. The van der Waals surface area contributed by atoms with Crippen molar-refractivity contribution in [3.05, 3.63) is 18.2 Å². The molecule has 0 aromatic heterocycles. The molecule has 1 aliphatic heterocycles. The molecule has 1 atom stereocenters. The molecule has 1 aromatic carbocycles. The van der Waals surface area contributed by atoms with E-state index in [1.54, 1.807) is 0 Å². The van der Waals surface area contributed by atoms with Crippen LogP contribution in [-0.4, -0.2) is 45.2 Å². The summed E-state index contributed by atoms with van der Waals surface area (Å²) in [5.74, 6) is 1.99. The number of para-hydroxylation sites is 1. The third-order valence-electron chi connectivity index (χ3n) is 3.03. The predicted octanol–water partition coefficient (Wildman–Crippen LogP) is -2.56. The van der Waals surface area contributed by atoms with Crippen molar-refractivity contribution in [2.24, 2.45) is 0 Å². The Bertz CT molecular complexity index is 355. The summed E-state index contributed by atoms with van der Waals surface area (Å²) in [4.78, 5) is 0. The molecule has 1 fully saturated rings. The van der Waals surface area contributed by atoms with Gasteiger partial charge in [0.1, 0.15) is 11.5 Å². The number of hydrogen-bond acceptors (Lipinski definition) is 3. The molecule has 7 heteroatoms. The van der Waals surface area contributed by atoms with Gasteiger partial charge in [0.05, 0.1) is 8.31 Å². The molecule has 1 heterocycles. The van der Waals surface area contributed by atoms with E-state index in [0.717, 1.165) is 39.1 Å². The van der Waals surface area contributed by atoms with Crippen LogP contribution in [0.4, 0.5) is 0 Å². The Labute approximate surface area is 106 Å². The van der Waals surface area contributed by atoms with Crippen molar-refractivity contribution in [2.75, 3.05) is 6.61 Å². The summed E-state index contributed by atoms with van der Waals surface area (Å²) in [6.45, 7) is 0.990. The first-order valence-corrected chi connectivity index (χ1v) is 12.5. The van der Waals surface area contributed by atoms with Gasteiger partial charge in [0.2, 0.25) is 21.0 Å². The fourth-order valence-corrected chi connectivity index (χ4v) is 10.4. The molecule has 0 aliphatic carbocycles. The van der Waals surface area contributed by atoms with Crippen molar-refractivity contribution in [3.8, 4) is 11.5 Å². The minimum absolute atomic E-state index is 0.300. The first-order valence-electron chi connectivity index (χ1n) is 5.65. The molecule has 1 saturated heterocycles. The van der Waals surface area contributed by atoms with Crippen molar-refractivity contribution in [1.29, 1.82) is 0 Å². The van der Waals surface area contributed by atoms with Crippen LogP contribution < -0.4 is 14.0 Å². The number of rotatable bonds is 3. The van der Waals surface area contributed by atoms with Crippen LogP contribution in [0.2, 0.25) is 6.04 Å². The van der Waals surface area contributed by atoms with Crippen LogP contribution in [0.1, 0.15) is 6.42 Å². The van der Waals surface area contributed by atoms with Crippen molar-refractivity contribution in [2.45, 2.75) is 12.5 Å². The van der Waals surface area contributed by atoms with Crippen molar-refractivity contribution < 1.29 is 13.3 Å². The number of benzene rings is 1. The normalized spacial score (nSPS) is 22.4. The molecule has 0 saturated carbocycles. The van der Waals surface area contributed by atoms with Gasteiger partial charge in [-0.2, -0.15) is 0 Å². The molecule has 0 amide bonds. The van der Waals surface area contributed by atoms with Crippen LogP contribution in [0, 0.1) is 0 Å². The molecular weight excluding hydrogens is 268 g/mol. The highest BCUT2D eigenvalue weighted by Gasteiger charge is 2.23. The highest BCUT2D eigenvalue weighted by Crippen LogP contribution is 2.25. The molecule has 0 spiro atoms. The van der Waals surface area contributed by atoms with Gasteiger partial charge in [-0.15, -0.1) is 0 Å². The van der Waals surface area contributed by atoms with E-state index in [9.17, 15) is 0 Å². The fraction of sp³-hybridized carbons (Fsp3) is 0.333. The standard InChI is InChI=1S/C9H18O3Si4/c13-11-7-3-1-4-8(9(7)12-14)16-6-2-5-10-15-16/h1,3-4,16H,2,5-6,15H2,13-14H3. The van der Waals surface area contributed by atoms with Gasteiger partial charge >= 0.3 is 0 Å². The maximum atomic E-state index is 5.73. The second-order valence-corrected chi connectivity index (χ2v) is 12.1. The van der Waals surface area contributed by atoms with E-state index in [-0.39, 0.29) is 9.28 Å². The van der Waals surface area contributed by atoms with Gasteiger partial charge in [0.25, 0.3) is 0 Å². The molecule has 3 nitrogen and oxygen atoms in total. The highest BCUT2D eigenvalue weighted by atomic mass is 29.2. The van der Waals surface area contributed by atoms with Gasteiger partial charge in [-0.25, -0.2) is 0 Å². The quantitative estimate of drug-likeness (QED) is 0.572. The predicted molar refractivity (Wildman–Crippen MR) is 78.3 cm³/mol. The molecule has 2 rings (SSSR count). The van der Waals surface area contributed by atoms with Crippen LogP contribution in [0.3, 0.4) is 0 Å². The summed E-state index contributed by atoms with van der Waals surface area (Å²) in [5.41, 5.74) is 0. The first kappa shape index (κ1) is 12.1. The SMILES string of the molecule is [SiH3]Oc1cccc([SiH]2CCCO[SiH2]2)c1O[SiH3]. The summed E-state index contributed by atoms with van der Waals surface area (Å²) < 4.78 is 16.9. The minimum Gasteiger partial charge on any atom is -0.551 e. The molecule has 0 radical (unpaired) electrons. The van der Waals surface area contributed by atoms with E-state index in [4.69, 9.17) is 13.3 Å². The maximum Gasteiger partial charge on any atom is 0.204 e. The van der Waals surface area contributed by atoms with Gasteiger partial charge in [0.15, 0.2) is 9.28 Å². The smallest absolute Gasteiger partial charge is 0.204 e. The van der Waals surface area contributed by atoms with Crippen molar-refractivity contribution in [1.82, 2.24) is 0 Å². The van der Waals surface area contributed by atoms with Crippen LogP contribution in [0.15, 0.2) is 18.2 Å². The zero-order valence-electron chi connectivity index (χ0n) is 9.86. The van der Waals surface area contributed by atoms with Gasteiger partial charge in [-0.05, 0) is 17.7 Å². The summed E-state index contributed by atoms with van der Waals surface area (Å²) in [7, 11) is 0.319. The molecule has 16 heavy (non-hydrogen) atoms. The second-order valence-electron chi connectivity index (χ2n) is 4.00. The van der Waals surface area contributed by atoms with E-state index in [0.29, 0.717) is 0 Å². The Morgan fingerprint density at radius 2 is 2.19 bits per heavy atom. The largest absolute Gasteiger partial charge is 0.551 e. The lowest BCUT2D eigenvalue weighted by atomic mass is 10.3. The van der Waals surface area contributed by atoms with Gasteiger partial charge in [-0.1, -0.05) is 18.2 Å². The third-order valence-corrected chi connectivity index (χ3v) is 11.7. The highest BCUT2D eigenvalue weighted by molar-refractivity contribution is 7.17. The van der Waals surface area contributed by atoms with Crippen LogP contribution in [0.25, 0.3) is 0 Å². The Morgan fingerprint density at radius 1 is 1.31 bits per heavy atom. The zero-order chi connectivity index (χ0) is 11.4. The zero-order valence-corrected chi connectivity index (χ0v) is 16.4. The van der Waals surface area contributed by atoms with E-state index in [1.807, 2.05) is 6.07 Å². The Balaban J connectivity index is 2.30. The summed E-state index contributed by atoms with van der Waals surface area (Å²) in [5, 5.41) is 1.45. The lowest BCUT2D eigenvalue weighted by molar-refractivity contribution is 0.336. The topological polar surface area (TPSA) is 27.7 Å². The van der Waals surface area contributed by atoms with Gasteiger partial charge in [-0.3, -0.25) is 0 Å². The van der Waals surface area contributed by atoms with Crippen molar-refractivity contribution in [3.63, 3.8) is 0 Å². The average Bonchev–Trinajstić information content (AvgIpc) is 2.38. The van der Waals surface area contributed by atoms with Gasteiger partial charge in [0, 0.05) is 6.61 Å². The van der Waals surface area contributed by atoms with E-state index in [2.05, 4.69) is 12.1 Å². The summed E-state index contributed by atoms with van der Waals surface area (Å²) in [6.07, 6.45) is 1.23. The minimum atomic E-state index is -0.834. The Morgan fingerprint density at radius 3 is 2.81 bits per heavy atom. The molecular formula is C9H18O3Si4. The second kappa shape index (κ2) is 5.82. The number of hydrogen-bond donors (Lipinski definition) is 0. The lowest BCUT2D eigenvalue weighted by Gasteiger charge is -2.23. The van der Waals surface area contributed by atoms with E-state index < -0.39 is 8.31 Å². The van der Waals surface area contributed by atoms with E-state index in [1.165, 1.54) is 17.7 Å². The average molecular weight is 287 g/mol. The summed E-state index contributed by atoms with van der Waals surface area (Å²) in [6, 6.07) is 7.73. The van der Waals surface area contributed by atoms with Crippen LogP contribution >= 0.6 is 0 Å². The van der Waals surface area contributed by atoms with Gasteiger partial charge < -0.3 is 13.3 Å². The summed E-state index contributed by atoms with van der Waals surface area (Å²) >= 11 is 0. The van der Waals surface area contributed by atoms with Crippen molar-refractivity contribution >= 4 is 43.8 Å². The molecule has 1 aromatic rings. The van der Waals surface area contributed by atoms with E-state index >= 15 is 0 Å². The Hall–Kier alpha value is -0.352. The molecule has 1 aliphatic rings.